The van der Waals surface area contributed by atoms with Crippen molar-refractivity contribution in [3.05, 3.63) is 53.9 Å². The highest BCUT2D eigenvalue weighted by atomic mass is 16.2. The van der Waals surface area contributed by atoms with E-state index in [1.165, 1.54) is 11.1 Å². The summed E-state index contributed by atoms with van der Waals surface area (Å²) in [6.45, 7) is 3.91. The summed E-state index contributed by atoms with van der Waals surface area (Å²) in [7, 11) is 1.76. The number of fused-ring (bicyclic) bond motifs is 1. The highest BCUT2D eigenvalue weighted by Crippen LogP contribution is 2.22. The van der Waals surface area contributed by atoms with Crippen LogP contribution < -0.4 is 10.6 Å². The van der Waals surface area contributed by atoms with Crippen molar-refractivity contribution in [3.8, 4) is 0 Å². The molecule has 0 fully saturated rings. The molecule has 0 bridgehead atoms. The second kappa shape index (κ2) is 9.75. The molecule has 7 heteroatoms. The third-order valence-corrected chi connectivity index (χ3v) is 4.69. The lowest BCUT2D eigenvalue weighted by molar-refractivity contribution is -0.131. The lowest BCUT2D eigenvalue weighted by atomic mass is 10.1. The molecule has 0 radical (unpaired) electrons. The van der Waals surface area contributed by atoms with Crippen molar-refractivity contribution in [2.24, 2.45) is 4.99 Å². The number of aryl methyl sites for hydroxylation is 1. The van der Waals surface area contributed by atoms with E-state index in [4.69, 9.17) is 0 Å². The van der Waals surface area contributed by atoms with Crippen LogP contribution in [-0.2, 0) is 24.4 Å². The molecule has 3 rings (SSSR count). The first kappa shape index (κ1) is 18.9. The van der Waals surface area contributed by atoms with Crippen LogP contribution in [0.15, 0.2) is 47.7 Å². The SMILES string of the molecule is CN=C(NCCCC(=O)N1Cc2ccccc2C1)NCCCn1cccn1. The quantitative estimate of drug-likeness (QED) is 0.423. The van der Waals surface area contributed by atoms with E-state index in [-0.39, 0.29) is 5.91 Å². The predicted octanol–water partition coefficient (Wildman–Crippen LogP) is 1.76. The Labute approximate surface area is 160 Å². The fourth-order valence-corrected chi connectivity index (χ4v) is 3.22. The minimum absolute atomic E-state index is 0.218. The van der Waals surface area contributed by atoms with Crippen molar-refractivity contribution in [1.29, 1.82) is 0 Å². The van der Waals surface area contributed by atoms with Gasteiger partial charge in [0.15, 0.2) is 5.96 Å². The molecule has 0 saturated heterocycles. The van der Waals surface area contributed by atoms with Gasteiger partial charge >= 0.3 is 0 Å². The summed E-state index contributed by atoms with van der Waals surface area (Å²) in [6.07, 6.45) is 6.06. The normalized spacial score (nSPS) is 13.5. The first-order chi connectivity index (χ1) is 13.3. The Balaban J connectivity index is 1.28. The maximum atomic E-state index is 12.4. The zero-order valence-electron chi connectivity index (χ0n) is 15.9. The van der Waals surface area contributed by atoms with Gasteiger partial charge in [-0.15, -0.1) is 0 Å². The Kier molecular flexibility index (Phi) is 6.84. The topological polar surface area (TPSA) is 74.6 Å². The van der Waals surface area contributed by atoms with Gasteiger partial charge in [0.2, 0.25) is 5.91 Å². The van der Waals surface area contributed by atoms with Crippen LogP contribution in [0.25, 0.3) is 0 Å². The van der Waals surface area contributed by atoms with Gasteiger partial charge in [0.25, 0.3) is 0 Å². The summed E-state index contributed by atoms with van der Waals surface area (Å²) in [5.41, 5.74) is 2.53. The summed E-state index contributed by atoms with van der Waals surface area (Å²) >= 11 is 0. The predicted molar refractivity (Wildman–Crippen MR) is 106 cm³/mol. The second-order valence-corrected chi connectivity index (χ2v) is 6.67. The molecular formula is C20H28N6O. The minimum atomic E-state index is 0.218. The summed E-state index contributed by atoms with van der Waals surface area (Å²) in [6, 6.07) is 10.2. The molecule has 144 valence electrons. The molecule has 0 aliphatic carbocycles. The highest BCUT2D eigenvalue weighted by molar-refractivity contribution is 5.80. The van der Waals surface area contributed by atoms with Crippen LogP contribution in [0, 0.1) is 0 Å². The van der Waals surface area contributed by atoms with Gasteiger partial charge in [0.1, 0.15) is 0 Å². The highest BCUT2D eigenvalue weighted by Gasteiger charge is 2.22. The number of amides is 1. The Morgan fingerprint density at radius 3 is 2.44 bits per heavy atom. The third-order valence-electron chi connectivity index (χ3n) is 4.69. The van der Waals surface area contributed by atoms with Crippen molar-refractivity contribution in [2.45, 2.75) is 38.9 Å². The summed E-state index contributed by atoms with van der Waals surface area (Å²) in [4.78, 5) is 18.6. The van der Waals surface area contributed by atoms with E-state index < -0.39 is 0 Å². The first-order valence-electron chi connectivity index (χ1n) is 9.53. The minimum Gasteiger partial charge on any atom is -0.356 e. The first-order valence-corrected chi connectivity index (χ1v) is 9.53. The molecule has 2 N–H and O–H groups in total. The standard InChI is InChI=1S/C20H28N6O/c1-21-20(23-11-5-13-26-14-6-12-24-26)22-10-4-9-19(27)25-15-17-7-2-3-8-18(17)16-25/h2-3,6-8,12,14H,4-5,9-11,13,15-16H2,1H3,(H2,21,22,23). The smallest absolute Gasteiger partial charge is 0.223 e. The number of aliphatic imine (C=N–C) groups is 1. The van der Waals surface area contributed by atoms with Crippen LogP contribution in [0.2, 0.25) is 0 Å². The Morgan fingerprint density at radius 1 is 1.11 bits per heavy atom. The number of hydrogen-bond donors (Lipinski definition) is 2. The molecule has 7 nitrogen and oxygen atoms in total. The summed E-state index contributed by atoms with van der Waals surface area (Å²) < 4.78 is 1.92. The number of hydrogen-bond acceptors (Lipinski definition) is 3. The number of benzene rings is 1. The van der Waals surface area contributed by atoms with E-state index in [1.54, 1.807) is 13.2 Å². The molecule has 2 heterocycles. The van der Waals surface area contributed by atoms with Gasteiger partial charge in [-0.1, -0.05) is 24.3 Å². The molecule has 1 aromatic carbocycles. The zero-order valence-corrected chi connectivity index (χ0v) is 15.9. The monoisotopic (exact) mass is 368 g/mol. The average molecular weight is 368 g/mol. The van der Waals surface area contributed by atoms with Crippen LogP contribution >= 0.6 is 0 Å². The molecule has 1 amide bonds. The summed E-state index contributed by atoms with van der Waals surface area (Å²) in [5.74, 6) is 0.992. The molecule has 0 spiro atoms. The van der Waals surface area contributed by atoms with Crippen molar-refractivity contribution in [3.63, 3.8) is 0 Å². The Hall–Kier alpha value is -2.83. The molecule has 1 aliphatic heterocycles. The van der Waals surface area contributed by atoms with Gasteiger partial charge < -0.3 is 15.5 Å². The fourth-order valence-electron chi connectivity index (χ4n) is 3.22. The number of carbonyl (C=O) groups excluding carboxylic acids is 1. The van der Waals surface area contributed by atoms with Crippen LogP contribution in [0.5, 0.6) is 0 Å². The van der Waals surface area contributed by atoms with Crippen LogP contribution in [0.1, 0.15) is 30.4 Å². The van der Waals surface area contributed by atoms with Gasteiger partial charge in [0, 0.05) is 58.6 Å². The molecule has 0 atom stereocenters. The zero-order chi connectivity index (χ0) is 18.9. The van der Waals surface area contributed by atoms with E-state index in [9.17, 15) is 4.79 Å². The molecule has 0 saturated carbocycles. The van der Waals surface area contributed by atoms with Crippen LogP contribution in [0.3, 0.4) is 0 Å². The Morgan fingerprint density at radius 2 is 1.81 bits per heavy atom. The molecular weight excluding hydrogens is 340 g/mol. The summed E-state index contributed by atoms with van der Waals surface area (Å²) in [5, 5.41) is 10.7. The van der Waals surface area contributed by atoms with E-state index in [0.717, 1.165) is 51.5 Å². The number of nitrogens with zero attached hydrogens (tertiary/aromatic N) is 4. The van der Waals surface area contributed by atoms with Crippen molar-refractivity contribution in [2.75, 3.05) is 20.1 Å². The molecule has 1 aliphatic rings. The molecule has 2 aromatic rings. The van der Waals surface area contributed by atoms with Crippen molar-refractivity contribution >= 4 is 11.9 Å². The van der Waals surface area contributed by atoms with Gasteiger partial charge in [-0.2, -0.15) is 5.10 Å². The van der Waals surface area contributed by atoms with Crippen molar-refractivity contribution in [1.82, 2.24) is 25.3 Å². The molecule has 1 aromatic heterocycles. The van der Waals surface area contributed by atoms with Gasteiger partial charge in [0.05, 0.1) is 0 Å². The van der Waals surface area contributed by atoms with E-state index in [0.29, 0.717) is 6.42 Å². The lowest BCUT2D eigenvalue weighted by Crippen LogP contribution is -2.38. The number of carbonyl (C=O) groups is 1. The average Bonchev–Trinajstić information content (AvgIpc) is 3.36. The van der Waals surface area contributed by atoms with E-state index >= 15 is 0 Å². The number of guanidine groups is 1. The number of rotatable bonds is 8. The Bertz CT molecular complexity index is 731. The third kappa shape index (κ3) is 5.57. The largest absolute Gasteiger partial charge is 0.356 e. The molecule has 27 heavy (non-hydrogen) atoms. The lowest BCUT2D eigenvalue weighted by Gasteiger charge is -2.16. The number of aromatic nitrogens is 2. The van der Waals surface area contributed by atoms with Crippen LogP contribution in [-0.4, -0.2) is 46.7 Å². The van der Waals surface area contributed by atoms with E-state index in [2.05, 4.69) is 32.9 Å². The van der Waals surface area contributed by atoms with Gasteiger partial charge in [-0.25, -0.2) is 0 Å². The van der Waals surface area contributed by atoms with E-state index in [1.807, 2.05) is 34.0 Å². The second-order valence-electron chi connectivity index (χ2n) is 6.67. The van der Waals surface area contributed by atoms with Crippen molar-refractivity contribution < 1.29 is 4.79 Å². The maximum absolute atomic E-state index is 12.4. The maximum Gasteiger partial charge on any atom is 0.223 e. The fraction of sp³-hybridized carbons (Fsp3) is 0.450. The van der Waals surface area contributed by atoms with Gasteiger partial charge in [-0.05, 0) is 30.0 Å². The van der Waals surface area contributed by atoms with Gasteiger partial charge in [-0.3, -0.25) is 14.5 Å². The molecule has 0 unspecified atom stereocenters. The van der Waals surface area contributed by atoms with Crippen LogP contribution in [0.4, 0.5) is 0 Å². The number of nitrogens with one attached hydrogen (secondary N) is 2.